The van der Waals surface area contributed by atoms with Crippen LogP contribution in [0.15, 0.2) is 54.1 Å². The van der Waals surface area contributed by atoms with E-state index in [0.717, 1.165) is 11.1 Å². The van der Waals surface area contributed by atoms with Crippen molar-refractivity contribution in [3.63, 3.8) is 0 Å². The summed E-state index contributed by atoms with van der Waals surface area (Å²) in [6.45, 7) is 0. The third-order valence-corrected chi connectivity index (χ3v) is 3.61. The van der Waals surface area contributed by atoms with Gasteiger partial charge in [0.1, 0.15) is 5.82 Å². The molecule has 0 radical (unpaired) electrons. The molecule has 0 saturated heterocycles. The van der Waals surface area contributed by atoms with Crippen molar-refractivity contribution in [1.82, 2.24) is 0 Å². The molecule has 100 valence electrons. The van der Waals surface area contributed by atoms with Gasteiger partial charge in [-0.1, -0.05) is 36.4 Å². The molecule has 0 fully saturated rings. The van der Waals surface area contributed by atoms with Crippen LogP contribution in [-0.2, 0) is 11.2 Å². The molecular weight excluding hydrogens is 255 g/mol. The van der Waals surface area contributed by atoms with Crippen molar-refractivity contribution in [3.05, 3.63) is 76.6 Å². The first-order valence-corrected chi connectivity index (χ1v) is 6.47. The molecule has 0 unspecified atom stereocenters. The van der Waals surface area contributed by atoms with Gasteiger partial charge >= 0.3 is 5.97 Å². The minimum atomic E-state index is -0.932. The van der Waals surface area contributed by atoms with Crippen molar-refractivity contribution >= 4 is 11.5 Å². The summed E-state index contributed by atoms with van der Waals surface area (Å²) in [5.41, 5.74) is 3.50. The first kappa shape index (κ1) is 12.6. The van der Waals surface area contributed by atoms with Crippen molar-refractivity contribution in [2.75, 3.05) is 0 Å². The Kier molecular flexibility index (Phi) is 3.11. The monoisotopic (exact) mass is 268 g/mol. The van der Waals surface area contributed by atoms with Crippen LogP contribution in [0.3, 0.4) is 0 Å². The Morgan fingerprint density at radius 3 is 2.50 bits per heavy atom. The molecular formula is C17H13FO2. The topological polar surface area (TPSA) is 37.3 Å². The third-order valence-electron chi connectivity index (χ3n) is 3.61. The van der Waals surface area contributed by atoms with E-state index in [1.807, 2.05) is 30.3 Å². The molecule has 0 aromatic heterocycles. The standard InChI is InChI=1S/C17H13FO2/c18-13-8-6-11-7-9-14(17(19)20)16(15(11)10-13)12-4-2-1-3-5-12/h1-6,8,10H,7,9H2,(H,19,20). The van der Waals surface area contributed by atoms with Crippen molar-refractivity contribution in [2.24, 2.45) is 0 Å². The highest BCUT2D eigenvalue weighted by Gasteiger charge is 2.24. The summed E-state index contributed by atoms with van der Waals surface area (Å²) in [6, 6.07) is 13.9. The first-order chi connectivity index (χ1) is 9.66. The van der Waals surface area contributed by atoms with E-state index in [-0.39, 0.29) is 5.82 Å². The SMILES string of the molecule is O=C(O)C1=C(c2ccccc2)c2cc(F)ccc2CC1. The lowest BCUT2D eigenvalue weighted by molar-refractivity contribution is -0.132. The van der Waals surface area contributed by atoms with Crippen LogP contribution in [0.25, 0.3) is 5.57 Å². The minimum absolute atomic E-state index is 0.344. The number of carbonyl (C=O) groups is 1. The molecule has 0 spiro atoms. The molecule has 2 nitrogen and oxygen atoms in total. The molecule has 0 saturated carbocycles. The number of carboxylic acids is 1. The van der Waals surface area contributed by atoms with Crippen LogP contribution in [0.5, 0.6) is 0 Å². The summed E-state index contributed by atoms with van der Waals surface area (Å²) >= 11 is 0. The van der Waals surface area contributed by atoms with E-state index in [2.05, 4.69) is 0 Å². The Bertz CT molecular complexity index is 702. The molecule has 1 N–H and O–H groups in total. The second-order valence-electron chi connectivity index (χ2n) is 4.83. The smallest absolute Gasteiger partial charge is 0.332 e. The molecule has 0 atom stereocenters. The van der Waals surface area contributed by atoms with Gasteiger partial charge in [0.15, 0.2) is 0 Å². The highest BCUT2D eigenvalue weighted by atomic mass is 19.1. The van der Waals surface area contributed by atoms with Gasteiger partial charge in [-0.25, -0.2) is 9.18 Å². The second-order valence-corrected chi connectivity index (χ2v) is 4.83. The zero-order chi connectivity index (χ0) is 14.1. The summed E-state index contributed by atoms with van der Waals surface area (Å²) in [4.78, 5) is 11.5. The largest absolute Gasteiger partial charge is 0.478 e. The van der Waals surface area contributed by atoms with Crippen LogP contribution in [0.2, 0.25) is 0 Å². The van der Waals surface area contributed by atoms with Crippen molar-refractivity contribution < 1.29 is 14.3 Å². The fraction of sp³-hybridized carbons (Fsp3) is 0.118. The molecule has 3 rings (SSSR count). The van der Waals surface area contributed by atoms with Gasteiger partial charge < -0.3 is 5.11 Å². The quantitative estimate of drug-likeness (QED) is 0.902. The number of fused-ring (bicyclic) bond motifs is 1. The molecule has 1 aliphatic carbocycles. The summed E-state index contributed by atoms with van der Waals surface area (Å²) in [7, 11) is 0. The lowest BCUT2D eigenvalue weighted by Crippen LogP contribution is -2.13. The van der Waals surface area contributed by atoms with E-state index in [1.165, 1.54) is 12.1 Å². The molecule has 0 amide bonds. The lowest BCUT2D eigenvalue weighted by Gasteiger charge is -2.22. The molecule has 2 aromatic carbocycles. The lowest BCUT2D eigenvalue weighted by atomic mass is 9.82. The number of carboxylic acid groups (broad SMARTS) is 1. The maximum atomic E-state index is 13.5. The predicted octanol–water partition coefficient (Wildman–Crippen LogP) is 3.66. The van der Waals surface area contributed by atoms with Gasteiger partial charge in [-0.05, 0) is 47.2 Å². The van der Waals surface area contributed by atoms with Crippen molar-refractivity contribution in [2.45, 2.75) is 12.8 Å². The van der Waals surface area contributed by atoms with E-state index in [1.54, 1.807) is 6.07 Å². The maximum absolute atomic E-state index is 13.5. The van der Waals surface area contributed by atoms with E-state index in [0.29, 0.717) is 29.6 Å². The van der Waals surface area contributed by atoms with Crippen molar-refractivity contribution in [1.29, 1.82) is 0 Å². The van der Waals surface area contributed by atoms with Gasteiger partial charge in [-0.2, -0.15) is 0 Å². The molecule has 2 aromatic rings. The van der Waals surface area contributed by atoms with Gasteiger partial charge in [0.05, 0.1) is 0 Å². The maximum Gasteiger partial charge on any atom is 0.332 e. The fourth-order valence-electron chi connectivity index (χ4n) is 2.70. The van der Waals surface area contributed by atoms with E-state index >= 15 is 0 Å². The zero-order valence-electron chi connectivity index (χ0n) is 10.8. The van der Waals surface area contributed by atoms with Crippen LogP contribution in [0.4, 0.5) is 4.39 Å². The van der Waals surface area contributed by atoms with Crippen LogP contribution in [-0.4, -0.2) is 11.1 Å². The van der Waals surface area contributed by atoms with E-state index in [9.17, 15) is 14.3 Å². The number of halogens is 1. The summed E-state index contributed by atoms with van der Waals surface area (Å²) in [5.74, 6) is -1.28. The van der Waals surface area contributed by atoms with Gasteiger partial charge in [-0.15, -0.1) is 0 Å². The molecule has 20 heavy (non-hydrogen) atoms. The zero-order valence-corrected chi connectivity index (χ0v) is 10.8. The first-order valence-electron chi connectivity index (χ1n) is 6.47. The Morgan fingerprint density at radius 1 is 1.05 bits per heavy atom. The van der Waals surface area contributed by atoms with Gasteiger partial charge in [0.25, 0.3) is 0 Å². The number of benzene rings is 2. The van der Waals surface area contributed by atoms with Crippen LogP contribution in [0, 0.1) is 5.82 Å². The molecule has 0 aliphatic heterocycles. The van der Waals surface area contributed by atoms with Gasteiger partial charge in [0.2, 0.25) is 0 Å². The van der Waals surface area contributed by atoms with Crippen LogP contribution in [0.1, 0.15) is 23.1 Å². The number of aryl methyl sites for hydroxylation is 1. The number of rotatable bonds is 2. The highest BCUT2D eigenvalue weighted by Crippen LogP contribution is 2.36. The highest BCUT2D eigenvalue weighted by molar-refractivity contribution is 6.02. The number of hydrogen-bond donors (Lipinski definition) is 1. The fourth-order valence-corrected chi connectivity index (χ4v) is 2.70. The average molecular weight is 268 g/mol. The summed E-state index contributed by atoms with van der Waals surface area (Å²) < 4.78 is 13.5. The summed E-state index contributed by atoms with van der Waals surface area (Å²) in [6.07, 6.45) is 1.10. The Labute approximate surface area is 116 Å². The minimum Gasteiger partial charge on any atom is -0.478 e. The molecule has 1 aliphatic rings. The van der Waals surface area contributed by atoms with E-state index in [4.69, 9.17) is 0 Å². The van der Waals surface area contributed by atoms with Gasteiger partial charge in [0, 0.05) is 5.57 Å². The average Bonchev–Trinajstić information content (AvgIpc) is 2.46. The van der Waals surface area contributed by atoms with Crippen LogP contribution >= 0.6 is 0 Å². The number of aliphatic carboxylic acids is 1. The Morgan fingerprint density at radius 2 is 1.80 bits per heavy atom. The summed E-state index contributed by atoms with van der Waals surface area (Å²) in [5, 5.41) is 9.41. The van der Waals surface area contributed by atoms with Crippen LogP contribution < -0.4 is 0 Å². The predicted molar refractivity (Wildman–Crippen MR) is 74.8 cm³/mol. The molecule has 3 heteroatoms. The number of hydrogen-bond acceptors (Lipinski definition) is 1. The molecule has 0 heterocycles. The molecule has 0 bridgehead atoms. The van der Waals surface area contributed by atoms with Gasteiger partial charge in [-0.3, -0.25) is 0 Å². The van der Waals surface area contributed by atoms with E-state index < -0.39 is 5.97 Å². The third kappa shape index (κ3) is 2.11. The Balaban J connectivity index is 2.29. The Hall–Kier alpha value is -2.42. The normalized spacial score (nSPS) is 14.1. The second kappa shape index (κ2) is 4.93. The van der Waals surface area contributed by atoms with Crippen molar-refractivity contribution in [3.8, 4) is 0 Å².